The van der Waals surface area contributed by atoms with Crippen LogP contribution in [0.15, 0.2) is 47.4 Å². The van der Waals surface area contributed by atoms with Crippen LogP contribution >= 0.6 is 0 Å². The first-order valence-electron chi connectivity index (χ1n) is 11.7. The van der Waals surface area contributed by atoms with Crippen molar-refractivity contribution in [2.75, 3.05) is 23.3 Å². The molecule has 2 aliphatic carbocycles. The smallest absolute Gasteiger partial charge is 0.252 e. The summed E-state index contributed by atoms with van der Waals surface area (Å²) in [6.07, 6.45) is 10.6. The number of nitrogens with one attached hydrogen (secondary N) is 1. The number of pyridine rings is 1. The van der Waals surface area contributed by atoms with Crippen molar-refractivity contribution in [3.05, 3.63) is 52.9 Å². The van der Waals surface area contributed by atoms with Gasteiger partial charge in [0.25, 0.3) is 5.56 Å². The SMILES string of the molecule is O=c1ccc2cnc(Nc3ccc(N4CCCCC4)cc3)nc2n1C1CC2CCC1C2. The Morgan fingerprint density at radius 1 is 0.935 bits per heavy atom. The minimum atomic E-state index is 0.0561. The number of anilines is 3. The molecular weight excluding hydrogens is 386 g/mol. The van der Waals surface area contributed by atoms with Crippen molar-refractivity contribution in [3.63, 3.8) is 0 Å². The Morgan fingerprint density at radius 3 is 2.52 bits per heavy atom. The molecule has 2 bridgehead atoms. The molecule has 3 aliphatic rings. The highest BCUT2D eigenvalue weighted by Gasteiger charge is 2.41. The molecule has 31 heavy (non-hydrogen) atoms. The Balaban J connectivity index is 1.29. The first kappa shape index (κ1) is 18.8. The van der Waals surface area contributed by atoms with Gasteiger partial charge in [0.15, 0.2) is 0 Å². The van der Waals surface area contributed by atoms with E-state index < -0.39 is 0 Å². The lowest BCUT2D eigenvalue weighted by Crippen LogP contribution is -2.29. The fourth-order valence-electron chi connectivity index (χ4n) is 5.98. The van der Waals surface area contributed by atoms with Crippen LogP contribution in [0.25, 0.3) is 11.0 Å². The molecule has 2 saturated carbocycles. The fourth-order valence-corrected chi connectivity index (χ4v) is 5.98. The highest BCUT2D eigenvalue weighted by Crippen LogP contribution is 2.50. The summed E-state index contributed by atoms with van der Waals surface area (Å²) in [4.78, 5) is 24.6. The van der Waals surface area contributed by atoms with Gasteiger partial charge in [-0.1, -0.05) is 6.42 Å². The fraction of sp³-hybridized carbons (Fsp3) is 0.480. The Bertz CT molecular complexity index is 1150. The van der Waals surface area contributed by atoms with Gasteiger partial charge >= 0.3 is 0 Å². The van der Waals surface area contributed by atoms with Gasteiger partial charge in [-0.05, 0) is 80.7 Å². The van der Waals surface area contributed by atoms with Crippen molar-refractivity contribution in [1.82, 2.24) is 14.5 Å². The maximum atomic E-state index is 12.8. The van der Waals surface area contributed by atoms with E-state index in [0.717, 1.165) is 42.1 Å². The van der Waals surface area contributed by atoms with E-state index in [-0.39, 0.29) is 11.6 Å². The Hall–Kier alpha value is -2.89. The van der Waals surface area contributed by atoms with Gasteiger partial charge in [-0.2, -0.15) is 4.98 Å². The van der Waals surface area contributed by atoms with Crippen LogP contribution in [0.4, 0.5) is 17.3 Å². The quantitative estimate of drug-likeness (QED) is 0.658. The Labute approximate surface area is 182 Å². The number of benzene rings is 1. The maximum Gasteiger partial charge on any atom is 0.252 e. The van der Waals surface area contributed by atoms with Gasteiger partial charge in [0.05, 0.1) is 0 Å². The third-order valence-corrected chi connectivity index (χ3v) is 7.54. The summed E-state index contributed by atoms with van der Waals surface area (Å²) < 4.78 is 1.95. The molecule has 3 fully saturated rings. The summed E-state index contributed by atoms with van der Waals surface area (Å²) in [6, 6.07) is 12.3. The van der Waals surface area contributed by atoms with E-state index in [9.17, 15) is 4.79 Å². The lowest BCUT2D eigenvalue weighted by Gasteiger charge is -2.28. The first-order valence-corrected chi connectivity index (χ1v) is 11.7. The molecule has 3 heterocycles. The van der Waals surface area contributed by atoms with Crippen molar-refractivity contribution in [1.29, 1.82) is 0 Å². The molecule has 1 N–H and O–H groups in total. The summed E-state index contributed by atoms with van der Waals surface area (Å²) in [5.74, 6) is 1.93. The van der Waals surface area contributed by atoms with E-state index in [1.807, 2.05) is 16.8 Å². The van der Waals surface area contributed by atoms with Gasteiger partial charge in [-0.3, -0.25) is 9.36 Å². The van der Waals surface area contributed by atoms with Crippen LogP contribution in [0, 0.1) is 11.8 Å². The highest BCUT2D eigenvalue weighted by molar-refractivity contribution is 5.76. The summed E-state index contributed by atoms with van der Waals surface area (Å²) in [5.41, 5.74) is 3.05. The van der Waals surface area contributed by atoms with Gasteiger partial charge in [0.2, 0.25) is 5.95 Å². The summed E-state index contributed by atoms with van der Waals surface area (Å²) >= 11 is 0. The van der Waals surface area contributed by atoms with Crippen LogP contribution in [0.1, 0.15) is 51.0 Å². The van der Waals surface area contributed by atoms with Crippen LogP contribution in [0.2, 0.25) is 0 Å². The van der Waals surface area contributed by atoms with E-state index >= 15 is 0 Å². The van der Waals surface area contributed by atoms with E-state index in [0.29, 0.717) is 11.9 Å². The Kier molecular flexibility index (Phi) is 4.66. The molecule has 0 radical (unpaired) electrons. The molecule has 0 amide bonds. The first-order chi connectivity index (χ1) is 15.2. The molecule has 3 unspecified atom stereocenters. The lowest BCUT2D eigenvalue weighted by molar-refractivity contribution is 0.329. The second-order valence-corrected chi connectivity index (χ2v) is 9.48. The van der Waals surface area contributed by atoms with Crippen LogP contribution in [0.3, 0.4) is 0 Å². The maximum absolute atomic E-state index is 12.8. The second-order valence-electron chi connectivity index (χ2n) is 9.48. The predicted octanol–water partition coefficient (Wildman–Crippen LogP) is 4.89. The summed E-state index contributed by atoms with van der Waals surface area (Å²) in [6.45, 7) is 2.28. The number of nitrogens with zero attached hydrogens (tertiary/aromatic N) is 4. The number of fused-ring (bicyclic) bond motifs is 3. The lowest BCUT2D eigenvalue weighted by atomic mass is 9.95. The zero-order chi connectivity index (χ0) is 20.8. The van der Waals surface area contributed by atoms with Crippen molar-refractivity contribution in [2.45, 2.75) is 51.0 Å². The van der Waals surface area contributed by atoms with Crippen LogP contribution in [-0.2, 0) is 0 Å². The molecule has 1 aliphatic heterocycles. The van der Waals surface area contributed by atoms with Gasteiger partial charge < -0.3 is 10.2 Å². The number of hydrogen-bond acceptors (Lipinski definition) is 5. The Morgan fingerprint density at radius 2 is 1.77 bits per heavy atom. The van der Waals surface area contributed by atoms with Crippen molar-refractivity contribution in [2.24, 2.45) is 11.8 Å². The van der Waals surface area contributed by atoms with E-state index in [1.165, 1.54) is 44.2 Å². The zero-order valence-electron chi connectivity index (χ0n) is 17.8. The van der Waals surface area contributed by atoms with Crippen molar-refractivity contribution >= 4 is 28.4 Å². The summed E-state index contributed by atoms with van der Waals surface area (Å²) in [7, 11) is 0. The minimum absolute atomic E-state index is 0.0561. The molecule has 1 saturated heterocycles. The molecule has 1 aromatic carbocycles. The monoisotopic (exact) mass is 415 g/mol. The molecule has 160 valence electrons. The molecule has 6 rings (SSSR count). The molecule has 6 heteroatoms. The normalized spacial score (nSPS) is 25.3. The topological polar surface area (TPSA) is 63.1 Å². The number of rotatable bonds is 4. The van der Waals surface area contributed by atoms with Crippen molar-refractivity contribution < 1.29 is 0 Å². The molecule has 3 aromatic rings. The van der Waals surface area contributed by atoms with E-state index in [4.69, 9.17) is 4.98 Å². The molecular formula is C25H29N5O. The van der Waals surface area contributed by atoms with E-state index in [2.05, 4.69) is 39.5 Å². The standard InChI is InChI=1S/C25H29N5O/c31-23-11-6-19-16-26-25(28-24(19)30(23)22-15-17-4-5-18(22)14-17)27-20-7-9-21(10-8-20)29-12-2-1-3-13-29/h6-11,16-18,22H,1-5,12-15H2,(H,26,27,28). The molecule has 2 aromatic heterocycles. The molecule has 0 spiro atoms. The van der Waals surface area contributed by atoms with Crippen LogP contribution in [0.5, 0.6) is 0 Å². The van der Waals surface area contributed by atoms with Crippen LogP contribution in [-0.4, -0.2) is 27.6 Å². The number of hydrogen-bond donors (Lipinski definition) is 1. The highest BCUT2D eigenvalue weighted by atomic mass is 16.1. The van der Waals surface area contributed by atoms with Crippen molar-refractivity contribution in [3.8, 4) is 0 Å². The average molecular weight is 416 g/mol. The van der Waals surface area contributed by atoms with Gasteiger partial charge in [0, 0.05) is 48.2 Å². The third-order valence-electron chi connectivity index (χ3n) is 7.54. The average Bonchev–Trinajstić information content (AvgIpc) is 3.44. The van der Waals surface area contributed by atoms with E-state index in [1.54, 1.807) is 6.07 Å². The van der Waals surface area contributed by atoms with Crippen LogP contribution < -0.4 is 15.8 Å². The molecule has 6 nitrogen and oxygen atoms in total. The molecule has 3 atom stereocenters. The van der Waals surface area contributed by atoms with Gasteiger partial charge in [-0.15, -0.1) is 0 Å². The minimum Gasteiger partial charge on any atom is -0.372 e. The third kappa shape index (κ3) is 3.48. The second kappa shape index (κ2) is 7.66. The predicted molar refractivity (Wildman–Crippen MR) is 124 cm³/mol. The van der Waals surface area contributed by atoms with Gasteiger partial charge in [-0.25, -0.2) is 4.98 Å². The zero-order valence-corrected chi connectivity index (χ0v) is 17.8. The number of piperidine rings is 1. The van der Waals surface area contributed by atoms with Gasteiger partial charge in [0.1, 0.15) is 5.65 Å². The largest absolute Gasteiger partial charge is 0.372 e. The number of aromatic nitrogens is 3. The summed E-state index contributed by atoms with van der Waals surface area (Å²) in [5, 5.41) is 4.27.